The molecule has 6 nitrogen and oxygen atoms in total. The van der Waals surface area contributed by atoms with Crippen molar-refractivity contribution in [3.05, 3.63) is 65.7 Å². The number of hydrogen-bond donors (Lipinski definition) is 3. The lowest BCUT2D eigenvalue weighted by Crippen LogP contribution is -2.41. The molecule has 1 unspecified atom stereocenters. The van der Waals surface area contributed by atoms with Gasteiger partial charge in [0, 0.05) is 30.4 Å². The van der Waals surface area contributed by atoms with Gasteiger partial charge in [0.05, 0.1) is 0 Å². The average Bonchev–Trinajstić information content (AvgIpc) is 3.08. The largest absolute Gasteiger partial charge is 0.366 e. The number of nitrogens with one attached hydrogen (secondary N) is 2. The first-order valence-corrected chi connectivity index (χ1v) is 8.84. The molecule has 1 aliphatic rings. The summed E-state index contributed by atoms with van der Waals surface area (Å²) < 4.78 is 0. The van der Waals surface area contributed by atoms with Crippen LogP contribution in [-0.4, -0.2) is 36.0 Å². The van der Waals surface area contributed by atoms with Gasteiger partial charge in [0.25, 0.3) is 0 Å². The van der Waals surface area contributed by atoms with Gasteiger partial charge in [-0.05, 0) is 43.1 Å². The minimum atomic E-state index is -0.517. The monoisotopic (exact) mass is 352 g/mol. The summed E-state index contributed by atoms with van der Waals surface area (Å²) in [6.07, 6.45) is 2.21. The normalized spacial score (nSPS) is 17.0. The zero-order chi connectivity index (χ0) is 18.4. The fraction of sp³-hybridized carbons (Fsp3) is 0.300. The van der Waals surface area contributed by atoms with Gasteiger partial charge in [-0.25, -0.2) is 4.79 Å². The summed E-state index contributed by atoms with van der Waals surface area (Å²) in [6, 6.07) is 17.0. The van der Waals surface area contributed by atoms with E-state index in [1.165, 1.54) is 5.56 Å². The third-order valence-corrected chi connectivity index (χ3v) is 4.63. The molecule has 0 radical (unpaired) electrons. The SMILES string of the molecule is NC(=O)c1cccc(NC(=O)NCC2CCCN2Cc2ccccc2)c1. The zero-order valence-electron chi connectivity index (χ0n) is 14.7. The standard InChI is InChI=1S/C20H24N4O2/c21-19(25)16-8-4-9-17(12-16)23-20(26)22-13-18-10-5-11-24(18)14-15-6-2-1-3-7-15/h1-4,6-9,12,18H,5,10-11,13-14H2,(H2,21,25)(H2,22,23,26). The van der Waals surface area contributed by atoms with Crippen LogP contribution in [-0.2, 0) is 6.54 Å². The predicted molar refractivity (Wildman–Crippen MR) is 102 cm³/mol. The predicted octanol–water partition coefficient (Wildman–Crippen LogP) is 2.57. The fourth-order valence-corrected chi connectivity index (χ4v) is 3.29. The number of amides is 3. The lowest BCUT2D eigenvalue weighted by atomic mass is 10.2. The number of carbonyl (C=O) groups is 2. The molecule has 136 valence electrons. The molecule has 3 rings (SSSR count). The molecule has 3 amide bonds. The minimum Gasteiger partial charge on any atom is -0.366 e. The van der Waals surface area contributed by atoms with Gasteiger partial charge in [0.1, 0.15) is 0 Å². The molecule has 1 aliphatic heterocycles. The van der Waals surface area contributed by atoms with Crippen LogP contribution in [0.3, 0.4) is 0 Å². The summed E-state index contributed by atoms with van der Waals surface area (Å²) in [5.74, 6) is -0.517. The minimum absolute atomic E-state index is 0.279. The number of benzene rings is 2. The highest BCUT2D eigenvalue weighted by Crippen LogP contribution is 2.19. The van der Waals surface area contributed by atoms with Crippen LogP contribution < -0.4 is 16.4 Å². The van der Waals surface area contributed by atoms with Crippen molar-refractivity contribution in [2.75, 3.05) is 18.4 Å². The third-order valence-electron chi connectivity index (χ3n) is 4.63. The van der Waals surface area contributed by atoms with Gasteiger partial charge >= 0.3 is 6.03 Å². The van der Waals surface area contributed by atoms with Crippen molar-refractivity contribution in [3.63, 3.8) is 0 Å². The van der Waals surface area contributed by atoms with E-state index in [9.17, 15) is 9.59 Å². The van der Waals surface area contributed by atoms with E-state index >= 15 is 0 Å². The summed E-state index contributed by atoms with van der Waals surface area (Å²) in [4.78, 5) is 25.8. The summed E-state index contributed by atoms with van der Waals surface area (Å²) in [6.45, 7) is 2.53. The lowest BCUT2D eigenvalue weighted by Gasteiger charge is -2.24. The van der Waals surface area contributed by atoms with Crippen molar-refractivity contribution in [3.8, 4) is 0 Å². The highest BCUT2D eigenvalue weighted by atomic mass is 16.2. The Morgan fingerprint density at radius 1 is 1.12 bits per heavy atom. The molecule has 1 atom stereocenters. The van der Waals surface area contributed by atoms with E-state index in [4.69, 9.17) is 5.73 Å². The summed E-state index contributed by atoms with van der Waals surface area (Å²) >= 11 is 0. The van der Waals surface area contributed by atoms with Gasteiger partial charge in [-0.3, -0.25) is 9.69 Å². The first-order valence-electron chi connectivity index (χ1n) is 8.84. The molecule has 2 aromatic carbocycles. The quantitative estimate of drug-likeness (QED) is 0.747. The van der Waals surface area contributed by atoms with Crippen LogP contribution in [0.5, 0.6) is 0 Å². The topological polar surface area (TPSA) is 87.5 Å². The number of rotatable bonds is 6. The van der Waals surface area contributed by atoms with Crippen molar-refractivity contribution in [2.24, 2.45) is 5.73 Å². The Morgan fingerprint density at radius 2 is 1.92 bits per heavy atom. The van der Waals surface area contributed by atoms with Crippen LogP contribution in [0.4, 0.5) is 10.5 Å². The lowest BCUT2D eigenvalue weighted by molar-refractivity contribution is 0.1000. The number of anilines is 1. The summed E-state index contributed by atoms with van der Waals surface area (Å²) in [5, 5.41) is 5.68. The van der Waals surface area contributed by atoms with Crippen LogP contribution in [0.25, 0.3) is 0 Å². The second-order valence-electron chi connectivity index (χ2n) is 6.53. The molecule has 6 heteroatoms. The smallest absolute Gasteiger partial charge is 0.319 e. The Kier molecular flexibility index (Phi) is 5.86. The number of nitrogens with two attached hydrogens (primary N) is 1. The Balaban J connectivity index is 1.50. The molecule has 0 aliphatic carbocycles. The van der Waals surface area contributed by atoms with Gasteiger partial charge in [-0.2, -0.15) is 0 Å². The molecule has 0 saturated carbocycles. The summed E-state index contributed by atoms with van der Waals surface area (Å²) in [7, 11) is 0. The molecule has 26 heavy (non-hydrogen) atoms. The van der Waals surface area contributed by atoms with Gasteiger partial charge in [0.15, 0.2) is 0 Å². The highest BCUT2D eigenvalue weighted by molar-refractivity contribution is 5.95. The maximum absolute atomic E-state index is 12.2. The molecule has 1 heterocycles. The average molecular weight is 352 g/mol. The number of urea groups is 1. The van der Waals surface area contributed by atoms with Crippen molar-refractivity contribution in [2.45, 2.75) is 25.4 Å². The Morgan fingerprint density at radius 3 is 2.69 bits per heavy atom. The highest BCUT2D eigenvalue weighted by Gasteiger charge is 2.24. The van der Waals surface area contributed by atoms with E-state index in [1.54, 1.807) is 24.3 Å². The van der Waals surface area contributed by atoms with Crippen molar-refractivity contribution in [1.29, 1.82) is 0 Å². The Labute approximate surface area is 153 Å². The molecule has 1 fully saturated rings. The fourth-order valence-electron chi connectivity index (χ4n) is 3.29. The van der Waals surface area contributed by atoms with E-state index < -0.39 is 5.91 Å². The number of nitrogens with zero attached hydrogens (tertiary/aromatic N) is 1. The maximum atomic E-state index is 12.2. The zero-order valence-corrected chi connectivity index (χ0v) is 14.7. The molecule has 4 N–H and O–H groups in total. The Hall–Kier alpha value is -2.86. The first-order chi connectivity index (χ1) is 12.6. The van der Waals surface area contributed by atoms with Gasteiger partial charge in [-0.15, -0.1) is 0 Å². The number of hydrogen-bond acceptors (Lipinski definition) is 3. The molecule has 0 spiro atoms. The third kappa shape index (κ3) is 4.83. The van der Waals surface area contributed by atoms with Crippen molar-refractivity contribution < 1.29 is 9.59 Å². The number of likely N-dealkylation sites (tertiary alicyclic amines) is 1. The molecule has 0 aromatic heterocycles. The van der Waals surface area contributed by atoms with E-state index in [-0.39, 0.29) is 6.03 Å². The van der Waals surface area contributed by atoms with E-state index in [0.29, 0.717) is 23.8 Å². The van der Waals surface area contributed by atoms with E-state index in [2.05, 4.69) is 27.7 Å². The molecule has 2 aromatic rings. The van der Waals surface area contributed by atoms with Crippen LogP contribution >= 0.6 is 0 Å². The maximum Gasteiger partial charge on any atom is 0.319 e. The molecule has 0 bridgehead atoms. The van der Waals surface area contributed by atoms with Gasteiger partial charge < -0.3 is 16.4 Å². The van der Waals surface area contributed by atoms with Crippen molar-refractivity contribution >= 4 is 17.6 Å². The second-order valence-corrected chi connectivity index (χ2v) is 6.53. The number of carbonyl (C=O) groups excluding carboxylic acids is 2. The summed E-state index contributed by atoms with van der Waals surface area (Å²) in [5.41, 5.74) is 7.46. The van der Waals surface area contributed by atoms with Crippen LogP contribution in [0.15, 0.2) is 54.6 Å². The van der Waals surface area contributed by atoms with E-state index in [0.717, 1.165) is 25.9 Å². The molecule has 1 saturated heterocycles. The number of primary amides is 1. The van der Waals surface area contributed by atoms with Crippen LogP contribution in [0.1, 0.15) is 28.8 Å². The second kappa shape index (κ2) is 8.49. The van der Waals surface area contributed by atoms with Crippen LogP contribution in [0, 0.1) is 0 Å². The van der Waals surface area contributed by atoms with Crippen molar-refractivity contribution in [1.82, 2.24) is 10.2 Å². The molecular formula is C20H24N4O2. The van der Waals surface area contributed by atoms with E-state index in [1.807, 2.05) is 18.2 Å². The van der Waals surface area contributed by atoms with Gasteiger partial charge in [-0.1, -0.05) is 36.4 Å². The van der Waals surface area contributed by atoms with Gasteiger partial charge in [0.2, 0.25) is 5.91 Å². The van der Waals surface area contributed by atoms with Crippen LogP contribution in [0.2, 0.25) is 0 Å². The molecular weight excluding hydrogens is 328 g/mol. The first kappa shape index (κ1) is 17.9. The Bertz CT molecular complexity index is 763.